The quantitative estimate of drug-likeness (QED) is 0.596. The lowest BCUT2D eigenvalue weighted by molar-refractivity contribution is -0.236. The summed E-state index contributed by atoms with van der Waals surface area (Å²) in [7, 11) is 0. The minimum absolute atomic E-state index is 0.0550. The van der Waals surface area contributed by atoms with Crippen LogP contribution < -0.4 is 0 Å². The van der Waals surface area contributed by atoms with Gasteiger partial charge in [-0.25, -0.2) is 0 Å². The van der Waals surface area contributed by atoms with Crippen LogP contribution in [0.4, 0.5) is 0 Å². The minimum Gasteiger partial charge on any atom is -0.458 e. The maximum atomic E-state index is 13.0. The second-order valence-corrected chi connectivity index (χ2v) is 9.30. The van der Waals surface area contributed by atoms with E-state index in [1.165, 1.54) is 32.1 Å². The average molecular weight is 321 g/mol. The fourth-order valence-corrected chi connectivity index (χ4v) is 6.21. The van der Waals surface area contributed by atoms with Crippen molar-refractivity contribution < 1.29 is 9.53 Å². The number of rotatable bonds is 6. The second kappa shape index (κ2) is 6.08. The number of esters is 1. The van der Waals surface area contributed by atoms with E-state index in [-0.39, 0.29) is 17.0 Å². The first kappa shape index (κ1) is 17.3. The van der Waals surface area contributed by atoms with Crippen molar-refractivity contribution >= 4 is 5.97 Å². The molecule has 0 spiro atoms. The van der Waals surface area contributed by atoms with Gasteiger partial charge in [0.25, 0.3) is 0 Å². The van der Waals surface area contributed by atoms with E-state index in [0.717, 1.165) is 31.1 Å². The Morgan fingerprint density at radius 3 is 1.87 bits per heavy atom. The summed E-state index contributed by atoms with van der Waals surface area (Å²) >= 11 is 0. The van der Waals surface area contributed by atoms with E-state index in [1.54, 1.807) is 0 Å². The molecule has 4 saturated carbocycles. The van der Waals surface area contributed by atoms with Crippen molar-refractivity contribution in [3.05, 3.63) is 0 Å². The molecule has 0 radical (unpaired) electrons. The SMILES string of the molecule is CCC(CC)C1(OC(=O)C(C)(C)CC)C2CC3CC(C2)CC1C3. The highest BCUT2D eigenvalue weighted by Crippen LogP contribution is 2.63. The van der Waals surface area contributed by atoms with E-state index in [1.807, 2.05) is 13.8 Å². The molecule has 4 aliphatic rings. The number of ether oxygens (including phenoxy) is 1. The lowest BCUT2D eigenvalue weighted by atomic mass is 9.46. The Bertz CT molecular complexity index is 419. The van der Waals surface area contributed by atoms with Crippen LogP contribution in [0, 0.1) is 35.0 Å². The van der Waals surface area contributed by atoms with E-state index in [9.17, 15) is 4.79 Å². The largest absolute Gasteiger partial charge is 0.458 e. The topological polar surface area (TPSA) is 26.3 Å². The predicted molar refractivity (Wildman–Crippen MR) is 94.0 cm³/mol. The Morgan fingerprint density at radius 1 is 1.00 bits per heavy atom. The normalized spacial score (nSPS) is 39.0. The third-order valence-electron chi connectivity index (χ3n) is 7.74. The van der Waals surface area contributed by atoms with Gasteiger partial charge in [0.05, 0.1) is 5.41 Å². The van der Waals surface area contributed by atoms with Crippen LogP contribution in [0.1, 0.15) is 86.0 Å². The molecule has 2 nitrogen and oxygen atoms in total. The summed E-state index contributed by atoms with van der Waals surface area (Å²) in [5.41, 5.74) is -0.506. The highest BCUT2D eigenvalue weighted by atomic mass is 16.6. The molecular weight excluding hydrogens is 284 g/mol. The van der Waals surface area contributed by atoms with Crippen LogP contribution in [0.5, 0.6) is 0 Å². The molecule has 4 fully saturated rings. The van der Waals surface area contributed by atoms with Crippen molar-refractivity contribution in [1.82, 2.24) is 0 Å². The summed E-state index contributed by atoms with van der Waals surface area (Å²) in [4.78, 5) is 13.0. The maximum Gasteiger partial charge on any atom is 0.312 e. The van der Waals surface area contributed by atoms with E-state index < -0.39 is 0 Å². The van der Waals surface area contributed by atoms with Crippen LogP contribution in [0.3, 0.4) is 0 Å². The molecule has 0 unspecified atom stereocenters. The molecule has 0 amide bonds. The smallest absolute Gasteiger partial charge is 0.312 e. The molecule has 0 atom stereocenters. The van der Waals surface area contributed by atoms with Gasteiger partial charge in [-0.1, -0.05) is 20.8 Å². The Kier molecular flexibility index (Phi) is 4.57. The van der Waals surface area contributed by atoms with Gasteiger partial charge in [0.2, 0.25) is 0 Å². The lowest BCUT2D eigenvalue weighted by Gasteiger charge is -2.63. The Morgan fingerprint density at radius 2 is 1.48 bits per heavy atom. The molecule has 4 aliphatic carbocycles. The Balaban J connectivity index is 1.94. The summed E-state index contributed by atoms with van der Waals surface area (Å²) in [5, 5.41) is 0. The minimum atomic E-state index is -0.353. The first-order chi connectivity index (χ1) is 10.9. The zero-order chi connectivity index (χ0) is 16.8. The van der Waals surface area contributed by atoms with Gasteiger partial charge in [0, 0.05) is 0 Å². The van der Waals surface area contributed by atoms with Crippen molar-refractivity contribution in [1.29, 1.82) is 0 Å². The average Bonchev–Trinajstić information content (AvgIpc) is 2.52. The molecule has 0 aromatic heterocycles. The Hall–Kier alpha value is -0.530. The third-order valence-corrected chi connectivity index (χ3v) is 7.74. The monoisotopic (exact) mass is 320 g/mol. The van der Waals surface area contributed by atoms with Crippen LogP contribution in [0.2, 0.25) is 0 Å². The van der Waals surface area contributed by atoms with Crippen LogP contribution in [0.15, 0.2) is 0 Å². The van der Waals surface area contributed by atoms with Gasteiger partial charge in [-0.2, -0.15) is 0 Å². The number of hydrogen-bond acceptors (Lipinski definition) is 2. The van der Waals surface area contributed by atoms with Gasteiger partial charge in [-0.05, 0) is 94.8 Å². The molecule has 132 valence electrons. The first-order valence-electron chi connectivity index (χ1n) is 10.1. The molecule has 2 heteroatoms. The molecule has 23 heavy (non-hydrogen) atoms. The van der Waals surface area contributed by atoms with Crippen LogP contribution in [0.25, 0.3) is 0 Å². The fourth-order valence-electron chi connectivity index (χ4n) is 6.21. The standard InChI is InChI=1S/C21H36O2/c1-6-16(7-2)21(23-19(22)20(4,5)8-3)17-10-14-9-15(12-17)13-18(21)11-14/h14-18H,6-13H2,1-5H3. The number of carbonyl (C=O) groups excluding carboxylic acids is 1. The zero-order valence-electron chi connectivity index (χ0n) is 15.9. The van der Waals surface area contributed by atoms with E-state index in [4.69, 9.17) is 4.74 Å². The third kappa shape index (κ3) is 2.65. The van der Waals surface area contributed by atoms with Gasteiger partial charge in [0.1, 0.15) is 5.60 Å². The summed E-state index contributed by atoms with van der Waals surface area (Å²) < 4.78 is 6.58. The van der Waals surface area contributed by atoms with Crippen molar-refractivity contribution in [2.24, 2.45) is 35.0 Å². The van der Waals surface area contributed by atoms with Gasteiger partial charge in [-0.15, -0.1) is 0 Å². The van der Waals surface area contributed by atoms with Crippen LogP contribution in [-0.4, -0.2) is 11.6 Å². The number of carbonyl (C=O) groups is 1. The van der Waals surface area contributed by atoms with Gasteiger partial charge < -0.3 is 4.74 Å². The van der Waals surface area contributed by atoms with E-state index >= 15 is 0 Å². The van der Waals surface area contributed by atoms with E-state index in [2.05, 4.69) is 20.8 Å². The maximum absolute atomic E-state index is 13.0. The second-order valence-electron chi connectivity index (χ2n) is 9.30. The zero-order valence-corrected chi connectivity index (χ0v) is 15.9. The highest BCUT2D eigenvalue weighted by Gasteiger charge is 2.62. The molecule has 0 saturated heterocycles. The van der Waals surface area contributed by atoms with Crippen molar-refractivity contribution in [2.75, 3.05) is 0 Å². The van der Waals surface area contributed by atoms with Gasteiger partial charge in [-0.3, -0.25) is 4.79 Å². The van der Waals surface area contributed by atoms with E-state index in [0.29, 0.717) is 17.8 Å². The summed E-state index contributed by atoms with van der Waals surface area (Å²) in [5.74, 6) is 3.67. The summed E-state index contributed by atoms with van der Waals surface area (Å²) in [6.45, 7) is 10.8. The number of hydrogen-bond donors (Lipinski definition) is 0. The van der Waals surface area contributed by atoms with Crippen LogP contribution >= 0.6 is 0 Å². The van der Waals surface area contributed by atoms with Crippen molar-refractivity contribution in [3.63, 3.8) is 0 Å². The van der Waals surface area contributed by atoms with Gasteiger partial charge >= 0.3 is 5.97 Å². The van der Waals surface area contributed by atoms with Crippen molar-refractivity contribution in [2.45, 2.75) is 91.6 Å². The summed E-state index contributed by atoms with van der Waals surface area (Å²) in [6, 6.07) is 0. The first-order valence-corrected chi connectivity index (χ1v) is 10.1. The molecule has 4 bridgehead atoms. The fraction of sp³-hybridized carbons (Fsp3) is 0.952. The van der Waals surface area contributed by atoms with Crippen LogP contribution in [-0.2, 0) is 9.53 Å². The molecule has 0 aromatic carbocycles. The van der Waals surface area contributed by atoms with Gasteiger partial charge in [0.15, 0.2) is 0 Å². The molecule has 0 heterocycles. The predicted octanol–water partition coefficient (Wildman–Crippen LogP) is 5.60. The molecule has 0 N–H and O–H groups in total. The highest BCUT2D eigenvalue weighted by molar-refractivity contribution is 5.76. The lowest BCUT2D eigenvalue weighted by Crippen LogP contribution is -2.63. The molecule has 4 rings (SSSR count). The molecular formula is C21H36O2. The molecule has 0 aromatic rings. The van der Waals surface area contributed by atoms with Crippen molar-refractivity contribution in [3.8, 4) is 0 Å². The molecule has 0 aliphatic heterocycles. The summed E-state index contributed by atoms with van der Waals surface area (Å²) in [6.07, 6.45) is 9.81. The Labute approximate surface area is 142 Å².